The summed E-state index contributed by atoms with van der Waals surface area (Å²) in [7, 11) is -2.02. The van der Waals surface area contributed by atoms with Crippen LogP contribution < -0.4 is 5.32 Å². The summed E-state index contributed by atoms with van der Waals surface area (Å²) in [6, 6.07) is 15.5. The lowest BCUT2D eigenvalue weighted by Gasteiger charge is -2.20. The Labute approximate surface area is 166 Å². The standard InChI is InChI=1S/C21H26N2O4S/c1-27-20(17-9-5-4-6-10-17)21(24)22-18-11-13-19(14-12-18)28(25,26)23-15-7-2-3-8-16-23/h4-6,9-14,20H,2-3,7-8,15-16H2,1H3,(H,22,24)/t20-/m1/s1. The topological polar surface area (TPSA) is 75.7 Å². The van der Waals surface area contributed by atoms with E-state index in [0.717, 1.165) is 31.2 Å². The fourth-order valence-corrected chi connectivity index (χ4v) is 4.89. The Balaban J connectivity index is 1.71. The molecule has 1 fully saturated rings. The number of ether oxygens (including phenoxy) is 1. The van der Waals surface area contributed by atoms with Crippen molar-refractivity contribution in [2.75, 3.05) is 25.5 Å². The van der Waals surface area contributed by atoms with Crippen LogP contribution in [-0.4, -0.2) is 38.8 Å². The number of carbonyl (C=O) groups is 1. The molecule has 0 aromatic heterocycles. The number of amides is 1. The van der Waals surface area contributed by atoms with Crippen LogP contribution in [0.4, 0.5) is 5.69 Å². The largest absolute Gasteiger partial charge is 0.367 e. The fraction of sp³-hybridized carbons (Fsp3) is 0.381. The molecule has 0 unspecified atom stereocenters. The monoisotopic (exact) mass is 402 g/mol. The van der Waals surface area contributed by atoms with Crippen LogP contribution in [0.1, 0.15) is 37.4 Å². The quantitative estimate of drug-likeness (QED) is 0.801. The predicted octanol–water partition coefficient (Wildman–Crippen LogP) is 3.58. The highest BCUT2D eigenvalue weighted by atomic mass is 32.2. The molecule has 28 heavy (non-hydrogen) atoms. The van der Waals surface area contributed by atoms with Crippen molar-refractivity contribution in [2.24, 2.45) is 0 Å². The van der Waals surface area contributed by atoms with Crippen molar-refractivity contribution in [2.45, 2.75) is 36.7 Å². The Bertz CT molecular complexity index is 874. The van der Waals surface area contributed by atoms with E-state index < -0.39 is 16.1 Å². The summed E-state index contributed by atoms with van der Waals surface area (Å²) in [6.45, 7) is 1.13. The lowest BCUT2D eigenvalue weighted by molar-refractivity contribution is -0.126. The van der Waals surface area contributed by atoms with Gasteiger partial charge in [-0.25, -0.2) is 8.42 Å². The van der Waals surface area contributed by atoms with Gasteiger partial charge in [-0.2, -0.15) is 4.31 Å². The molecule has 0 saturated carbocycles. The Morgan fingerprint density at radius 2 is 1.57 bits per heavy atom. The smallest absolute Gasteiger partial charge is 0.258 e. The van der Waals surface area contributed by atoms with Crippen LogP contribution in [0.2, 0.25) is 0 Å². The highest BCUT2D eigenvalue weighted by Gasteiger charge is 2.25. The maximum atomic E-state index is 12.8. The second-order valence-corrected chi connectivity index (χ2v) is 8.80. The van der Waals surface area contributed by atoms with Crippen molar-refractivity contribution in [3.05, 3.63) is 60.2 Å². The zero-order valence-electron chi connectivity index (χ0n) is 16.0. The third-order valence-electron chi connectivity index (χ3n) is 4.90. The second kappa shape index (κ2) is 9.32. The van der Waals surface area contributed by atoms with E-state index in [4.69, 9.17) is 4.74 Å². The molecule has 1 amide bonds. The van der Waals surface area contributed by atoms with Crippen molar-refractivity contribution in [1.29, 1.82) is 0 Å². The zero-order valence-corrected chi connectivity index (χ0v) is 16.8. The lowest BCUT2D eigenvalue weighted by atomic mass is 10.1. The second-order valence-electron chi connectivity index (χ2n) is 6.86. The normalized spacial score (nSPS) is 16.9. The number of hydrogen-bond acceptors (Lipinski definition) is 4. The van der Waals surface area contributed by atoms with Gasteiger partial charge in [-0.15, -0.1) is 0 Å². The van der Waals surface area contributed by atoms with E-state index in [1.54, 1.807) is 28.6 Å². The number of rotatable bonds is 6. The minimum absolute atomic E-state index is 0.249. The third kappa shape index (κ3) is 4.79. The number of methoxy groups -OCH3 is 1. The summed E-state index contributed by atoms with van der Waals surface area (Å²) in [5.74, 6) is -0.308. The molecule has 1 heterocycles. The molecule has 1 saturated heterocycles. The van der Waals surface area contributed by atoms with E-state index >= 15 is 0 Å². The Morgan fingerprint density at radius 3 is 2.14 bits per heavy atom. The molecular weight excluding hydrogens is 376 g/mol. The summed E-state index contributed by atoms with van der Waals surface area (Å²) in [6.07, 6.45) is 3.19. The van der Waals surface area contributed by atoms with Crippen LogP contribution in [-0.2, 0) is 19.6 Å². The van der Waals surface area contributed by atoms with Crippen LogP contribution in [0.25, 0.3) is 0 Å². The van der Waals surface area contributed by atoms with Gasteiger partial charge in [-0.1, -0.05) is 43.2 Å². The lowest BCUT2D eigenvalue weighted by Crippen LogP contribution is -2.31. The summed E-state index contributed by atoms with van der Waals surface area (Å²) >= 11 is 0. The average molecular weight is 403 g/mol. The van der Waals surface area contributed by atoms with Gasteiger partial charge >= 0.3 is 0 Å². The first kappa shape index (κ1) is 20.5. The maximum Gasteiger partial charge on any atom is 0.258 e. The molecule has 0 spiro atoms. The van der Waals surface area contributed by atoms with Crippen LogP contribution in [0.15, 0.2) is 59.5 Å². The number of anilines is 1. The van der Waals surface area contributed by atoms with Gasteiger partial charge in [0.1, 0.15) is 0 Å². The molecule has 3 rings (SSSR count). The molecule has 1 atom stereocenters. The molecule has 150 valence electrons. The Kier molecular flexibility index (Phi) is 6.83. The summed E-state index contributed by atoms with van der Waals surface area (Å²) in [5.41, 5.74) is 1.28. The molecule has 6 nitrogen and oxygen atoms in total. The van der Waals surface area contributed by atoms with E-state index in [2.05, 4.69) is 5.32 Å². The molecule has 1 aliphatic rings. The Hall–Kier alpha value is -2.22. The minimum atomic E-state index is -3.50. The highest BCUT2D eigenvalue weighted by Crippen LogP contribution is 2.23. The highest BCUT2D eigenvalue weighted by molar-refractivity contribution is 7.89. The van der Waals surface area contributed by atoms with E-state index in [-0.39, 0.29) is 10.8 Å². The first-order valence-corrected chi connectivity index (χ1v) is 11.0. The van der Waals surface area contributed by atoms with Gasteiger partial charge in [0.15, 0.2) is 6.10 Å². The number of sulfonamides is 1. The molecule has 0 aliphatic carbocycles. The van der Waals surface area contributed by atoms with Gasteiger partial charge in [0.2, 0.25) is 10.0 Å². The average Bonchev–Trinajstić information content (AvgIpc) is 3.00. The number of carbonyl (C=O) groups excluding carboxylic acids is 1. The molecule has 0 radical (unpaired) electrons. The van der Waals surface area contributed by atoms with Gasteiger partial charge in [0.25, 0.3) is 5.91 Å². The predicted molar refractivity (Wildman–Crippen MR) is 108 cm³/mol. The minimum Gasteiger partial charge on any atom is -0.367 e. The molecule has 2 aromatic rings. The summed E-state index contributed by atoms with van der Waals surface area (Å²) in [4.78, 5) is 12.8. The number of nitrogens with one attached hydrogen (secondary N) is 1. The van der Waals surface area contributed by atoms with E-state index in [1.807, 2.05) is 30.3 Å². The van der Waals surface area contributed by atoms with Crippen LogP contribution in [0.5, 0.6) is 0 Å². The van der Waals surface area contributed by atoms with Gasteiger partial charge in [-0.05, 0) is 42.7 Å². The van der Waals surface area contributed by atoms with Gasteiger partial charge in [-0.3, -0.25) is 4.79 Å². The maximum absolute atomic E-state index is 12.8. The van der Waals surface area contributed by atoms with Crippen LogP contribution >= 0.6 is 0 Å². The number of nitrogens with zero attached hydrogens (tertiary/aromatic N) is 1. The van der Waals surface area contributed by atoms with Crippen molar-refractivity contribution >= 4 is 21.6 Å². The zero-order chi connectivity index (χ0) is 20.0. The van der Waals surface area contributed by atoms with Crippen molar-refractivity contribution in [3.8, 4) is 0 Å². The third-order valence-corrected chi connectivity index (χ3v) is 6.81. The first-order valence-electron chi connectivity index (χ1n) is 9.51. The van der Waals surface area contributed by atoms with E-state index in [0.29, 0.717) is 18.8 Å². The fourth-order valence-electron chi connectivity index (χ4n) is 3.37. The van der Waals surface area contributed by atoms with Crippen molar-refractivity contribution in [3.63, 3.8) is 0 Å². The molecule has 2 aromatic carbocycles. The molecule has 7 heteroatoms. The molecular formula is C21H26N2O4S. The molecule has 1 aliphatic heterocycles. The SMILES string of the molecule is CO[C@@H](C(=O)Nc1ccc(S(=O)(=O)N2CCCCCC2)cc1)c1ccccc1. The number of benzene rings is 2. The van der Waals surface area contributed by atoms with Crippen molar-refractivity contribution < 1.29 is 17.9 Å². The van der Waals surface area contributed by atoms with Crippen LogP contribution in [0, 0.1) is 0 Å². The number of hydrogen-bond donors (Lipinski definition) is 1. The Morgan fingerprint density at radius 1 is 0.964 bits per heavy atom. The van der Waals surface area contributed by atoms with Crippen molar-refractivity contribution in [1.82, 2.24) is 4.31 Å². The van der Waals surface area contributed by atoms with Gasteiger partial charge in [0.05, 0.1) is 4.90 Å². The van der Waals surface area contributed by atoms with Gasteiger partial charge in [0, 0.05) is 25.9 Å². The molecule has 1 N–H and O–H groups in total. The van der Waals surface area contributed by atoms with Crippen LogP contribution in [0.3, 0.4) is 0 Å². The van der Waals surface area contributed by atoms with Gasteiger partial charge < -0.3 is 10.1 Å². The summed E-state index contributed by atoms with van der Waals surface area (Å²) < 4.78 is 32.5. The van der Waals surface area contributed by atoms with E-state index in [1.165, 1.54) is 7.11 Å². The first-order chi connectivity index (χ1) is 13.5. The van der Waals surface area contributed by atoms with E-state index in [9.17, 15) is 13.2 Å². The summed E-state index contributed by atoms with van der Waals surface area (Å²) in [5, 5.41) is 2.79. The molecule has 0 bridgehead atoms.